The van der Waals surface area contributed by atoms with Crippen LogP contribution in [0.5, 0.6) is 5.75 Å². The van der Waals surface area contributed by atoms with Crippen molar-refractivity contribution in [1.82, 2.24) is 4.57 Å². The molecule has 0 radical (unpaired) electrons. The Bertz CT molecular complexity index is 1280. The number of ether oxygens (including phenoxy) is 1. The smallest absolute Gasteiger partial charge is 0.308 e. The second kappa shape index (κ2) is 8.77. The first-order valence-corrected chi connectivity index (χ1v) is 13.7. The third kappa shape index (κ3) is 3.78. The van der Waals surface area contributed by atoms with Crippen LogP contribution in [0.4, 0.5) is 5.69 Å². The molecular weight excluding hydrogens is 488 g/mol. The van der Waals surface area contributed by atoms with E-state index in [1.54, 1.807) is 35.9 Å². The number of carbonyl (C=O) groups excluding carboxylic acids is 1. The number of nitrogens with one attached hydrogen (secondary N) is 1. The molecule has 1 aromatic heterocycles. The minimum atomic E-state index is -0.202. The number of hydrogen-bond donors (Lipinski definition) is 1. The van der Waals surface area contributed by atoms with Crippen molar-refractivity contribution in [2.75, 3.05) is 12.4 Å². The number of fused-ring (bicyclic) bond motifs is 6. The van der Waals surface area contributed by atoms with Gasteiger partial charge in [0.2, 0.25) is 5.91 Å². The van der Waals surface area contributed by atoms with Crippen molar-refractivity contribution in [3.05, 3.63) is 73.7 Å². The van der Waals surface area contributed by atoms with Crippen LogP contribution in [0, 0.1) is 17.8 Å². The molecule has 2 heterocycles. The lowest BCUT2D eigenvalue weighted by Crippen LogP contribution is -2.34. The zero-order valence-corrected chi connectivity index (χ0v) is 21.1. The lowest BCUT2D eigenvalue weighted by molar-refractivity contribution is -0.116. The van der Waals surface area contributed by atoms with Gasteiger partial charge >= 0.3 is 4.87 Å². The van der Waals surface area contributed by atoms with Crippen LogP contribution in [-0.2, 0) is 11.3 Å². The van der Waals surface area contributed by atoms with Gasteiger partial charge in [0, 0.05) is 26.8 Å². The lowest BCUT2D eigenvalue weighted by Gasteiger charge is -2.40. The molecule has 1 N–H and O–H groups in total. The topological polar surface area (TPSA) is 60.3 Å². The number of aromatic nitrogens is 1. The van der Waals surface area contributed by atoms with Gasteiger partial charge in [0.05, 0.1) is 12.1 Å². The lowest BCUT2D eigenvalue weighted by atomic mass is 9.75. The second-order valence-corrected chi connectivity index (χ2v) is 12.0. The third-order valence-corrected chi connectivity index (χ3v) is 10.7. The van der Waals surface area contributed by atoms with Gasteiger partial charge in [-0.2, -0.15) is 0 Å². The van der Waals surface area contributed by atoms with Crippen molar-refractivity contribution in [3.8, 4) is 5.75 Å². The number of rotatable bonds is 5. The van der Waals surface area contributed by atoms with E-state index in [0.29, 0.717) is 28.7 Å². The van der Waals surface area contributed by atoms with E-state index in [-0.39, 0.29) is 23.2 Å². The molecule has 3 aliphatic rings. The number of amides is 1. The molecule has 5 atom stereocenters. The SMILES string of the molecule is COc1ccc(NC(=O)Cn2c3c(sc2=O)C(c2ccc(Cl)cc2)C2C4CCC(C4)C2S3)cc1. The quantitative estimate of drug-likeness (QED) is 0.465. The van der Waals surface area contributed by atoms with Gasteiger partial charge in [-0.3, -0.25) is 14.2 Å². The van der Waals surface area contributed by atoms with Crippen LogP contribution in [0.15, 0.2) is 58.4 Å². The summed E-state index contributed by atoms with van der Waals surface area (Å²) in [7, 11) is 1.61. The highest BCUT2D eigenvalue weighted by Gasteiger charge is 2.55. The van der Waals surface area contributed by atoms with Crippen LogP contribution >= 0.6 is 34.7 Å². The van der Waals surface area contributed by atoms with E-state index in [9.17, 15) is 9.59 Å². The highest BCUT2D eigenvalue weighted by atomic mass is 35.5. The standard InChI is InChI=1S/C26H25ClN2O3S2/c1-32-19-10-8-18(9-11-19)28-20(30)13-29-25-24(34-26(29)31)21(14-4-6-17(27)7-5-14)22-15-2-3-16(12-15)23(22)33-25/h4-11,15-16,21-23H,2-3,12-13H2,1H3,(H,28,30). The maximum absolute atomic E-state index is 13.2. The van der Waals surface area contributed by atoms with Gasteiger partial charge in [-0.05, 0) is 79.0 Å². The molecule has 2 aliphatic carbocycles. The van der Waals surface area contributed by atoms with Gasteiger partial charge in [0.15, 0.2) is 0 Å². The molecule has 5 nitrogen and oxygen atoms in total. The molecule has 8 heteroatoms. The average molecular weight is 513 g/mol. The van der Waals surface area contributed by atoms with Crippen molar-refractivity contribution in [2.24, 2.45) is 17.8 Å². The number of methoxy groups -OCH3 is 1. The van der Waals surface area contributed by atoms with Gasteiger partial charge in [0.1, 0.15) is 12.3 Å². The van der Waals surface area contributed by atoms with E-state index in [4.69, 9.17) is 16.3 Å². The summed E-state index contributed by atoms with van der Waals surface area (Å²) in [5, 5.41) is 5.11. The minimum absolute atomic E-state index is 0.0164. The van der Waals surface area contributed by atoms with E-state index in [2.05, 4.69) is 17.4 Å². The number of anilines is 1. The molecule has 2 saturated carbocycles. The fourth-order valence-electron chi connectivity index (χ4n) is 6.15. The Balaban J connectivity index is 1.33. The highest BCUT2D eigenvalue weighted by molar-refractivity contribution is 8.00. The Kier molecular flexibility index (Phi) is 5.74. The molecule has 6 rings (SSSR count). The van der Waals surface area contributed by atoms with Crippen molar-refractivity contribution < 1.29 is 9.53 Å². The monoisotopic (exact) mass is 512 g/mol. The molecule has 2 bridgehead atoms. The van der Waals surface area contributed by atoms with E-state index < -0.39 is 0 Å². The molecular formula is C26H25ClN2O3S2. The highest BCUT2D eigenvalue weighted by Crippen LogP contribution is 2.64. The number of thioether (sulfide) groups is 1. The fraction of sp³-hybridized carbons (Fsp3) is 0.385. The van der Waals surface area contributed by atoms with Gasteiger partial charge in [-0.25, -0.2) is 0 Å². The van der Waals surface area contributed by atoms with Crippen LogP contribution in [0.1, 0.15) is 35.6 Å². The van der Waals surface area contributed by atoms with Crippen molar-refractivity contribution in [3.63, 3.8) is 0 Å². The summed E-state index contributed by atoms with van der Waals surface area (Å²) >= 11 is 9.34. The van der Waals surface area contributed by atoms with Crippen LogP contribution in [0.3, 0.4) is 0 Å². The minimum Gasteiger partial charge on any atom is -0.497 e. The predicted molar refractivity (Wildman–Crippen MR) is 137 cm³/mol. The summed E-state index contributed by atoms with van der Waals surface area (Å²) in [5.41, 5.74) is 1.91. The summed E-state index contributed by atoms with van der Waals surface area (Å²) in [6.45, 7) is 0.0164. The summed E-state index contributed by atoms with van der Waals surface area (Å²) in [4.78, 5) is 27.1. The Morgan fingerprint density at radius 2 is 1.85 bits per heavy atom. The summed E-state index contributed by atoms with van der Waals surface area (Å²) in [6.07, 6.45) is 3.84. The summed E-state index contributed by atoms with van der Waals surface area (Å²) in [6, 6.07) is 15.3. The molecule has 176 valence electrons. The van der Waals surface area contributed by atoms with Crippen LogP contribution in [0.2, 0.25) is 5.02 Å². The second-order valence-electron chi connectivity index (χ2n) is 9.42. The molecule has 0 saturated heterocycles. The Hall–Kier alpha value is -2.22. The largest absolute Gasteiger partial charge is 0.497 e. The molecule has 1 aliphatic heterocycles. The Morgan fingerprint density at radius 1 is 1.12 bits per heavy atom. The van der Waals surface area contributed by atoms with Gasteiger partial charge in [-0.1, -0.05) is 35.1 Å². The van der Waals surface area contributed by atoms with Crippen molar-refractivity contribution >= 4 is 46.3 Å². The van der Waals surface area contributed by atoms with Crippen molar-refractivity contribution in [2.45, 2.75) is 42.0 Å². The van der Waals surface area contributed by atoms with Gasteiger partial charge < -0.3 is 10.1 Å². The number of benzene rings is 2. The van der Waals surface area contributed by atoms with Crippen LogP contribution in [0.25, 0.3) is 0 Å². The number of nitrogens with zero attached hydrogens (tertiary/aromatic N) is 1. The number of halogens is 1. The zero-order valence-electron chi connectivity index (χ0n) is 18.7. The maximum atomic E-state index is 13.2. The molecule has 2 aromatic carbocycles. The molecule has 34 heavy (non-hydrogen) atoms. The fourth-order valence-corrected chi connectivity index (χ4v) is 9.43. The van der Waals surface area contributed by atoms with Crippen LogP contribution < -0.4 is 14.9 Å². The maximum Gasteiger partial charge on any atom is 0.308 e. The third-order valence-electron chi connectivity index (χ3n) is 7.60. The van der Waals surface area contributed by atoms with E-state index >= 15 is 0 Å². The number of carbonyl (C=O) groups is 1. The normalized spacial score (nSPS) is 26.7. The number of hydrogen-bond acceptors (Lipinski definition) is 5. The van der Waals surface area contributed by atoms with E-state index in [1.807, 2.05) is 23.9 Å². The summed E-state index contributed by atoms with van der Waals surface area (Å²) in [5.74, 6) is 2.66. The molecule has 3 aromatic rings. The first-order valence-electron chi connectivity index (χ1n) is 11.6. The molecule has 5 unspecified atom stereocenters. The van der Waals surface area contributed by atoms with Gasteiger partial charge in [0.25, 0.3) is 0 Å². The molecule has 1 amide bonds. The number of thiazole rings is 1. The van der Waals surface area contributed by atoms with Crippen LogP contribution in [-0.4, -0.2) is 22.8 Å². The summed E-state index contributed by atoms with van der Waals surface area (Å²) < 4.78 is 6.87. The average Bonchev–Trinajstić information content (AvgIpc) is 3.53. The molecule has 2 fully saturated rings. The Morgan fingerprint density at radius 3 is 2.59 bits per heavy atom. The zero-order chi connectivity index (χ0) is 23.4. The first kappa shape index (κ1) is 22.3. The van der Waals surface area contributed by atoms with Gasteiger partial charge in [-0.15, -0.1) is 11.8 Å². The van der Waals surface area contributed by atoms with Crippen molar-refractivity contribution in [1.29, 1.82) is 0 Å². The first-order chi connectivity index (χ1) is 16.5. The van der Waals surface area contributed by atoms with E-state index in [1.165, 1.54) is 36.2 Å². The molecule has 0 spiro atoms. The van der Waals surface area contributed by atoms with E-state index in [0.717, 1.165) is 20.7 Å². The predicted octanol–water partition coefficient (Wildman–Crippen LogP) is 5.86. The Labute approximate surface area is 211 Å².